The molecule has 6 nitrogen and oxygen atoms in total. The van der Waals surface area contributed by atoms with Gasteiger partial charge in [0, 0.05) is 18.7 Å². The minimum Gasteiger partial charge on any atom is -0.491 e. The van der Waals surface area contributed by atoms with Crippen molar-refractivity contribution >= 4 is 11.5 Å². The van der Waals surface area contributed by atoms with Crippen LogP contribution in [0.25, 0.3) is 11.3 Å². The lowest BCUT2D eigenvalue weighted by atomic mass is 10.1. The van der Waals surface area contributed by atoms with E-state index in [2.05, 4.69) is 10.3 Å². The summed E-state index contributed by atoms with van der Waals surface area (Å²) in [6, 6.07) is 10.2. The Hall–Kier alpha value is -2.63. The number of hydrogen-bond donors (Lipinski definition) is 1. The number of nitro groups is 1. The van der Waals surface area contributed by atoms with Crippen LogP contribution in [0.3, 0.4) is 0 Å². The molecule has 0 saturated heterocycles. The first-order chi connectivity index (χ1) is 9.99. The second-order valence-electron chi connectivity index (χ2n) is 4.80. The fraction of sp³-hybridized carbons (Fsp3) is 0.267. The second-order valence-corrected chi connectivity index (χ2v) is 4.80. The van der Waals surface area contributed by atoms with Gasteiger partial charge in [0.05, 0.1) is 22.8 Å². The van der Waals surface area contributed by atoms with Crippen molar-refractivity contribution in [2.24, 2.45) is 0 Å². The Morgan fingerprint density at radius 2 is 2.05 bits per heavy atom. The van der Waals surface area contributed by atoms with Crippen molar-refractivity contribution in [2.45, 2.75) is 20.0 Å². The number of benzene rings is 1. The van der Waals surface area contributed by atoms with Crippen LogP contribution in [0.1, 0.15) is 13.8 Å². The number of hydrogen-bond acceptors (Lipinski definition) is 5. The van der Waals surface area contributed by atoms with Gasteiger partial charge in [-0.25, -0.2) is 4.98 Å². The second kappa shape index (κ2) is 6.21. The molecule has 0 unspecified atom stereocenters. The van der Waals surface area contributed by atoms with Gasteiger partial charge < -0.3 is 10.1 Å². The monoisotopic (exact) mass is 287 g/mol. The van der Waals surface area contributed by atoms with Gasteiger partial charge in [-0.15, -0.1) is 0 Å². The Labute approximate surface area is 122 Å². The van der Waals surface area contributed by atoms with E-state index in [4.69, 9.17) is 4.74 Å². The number of ether oxygens (including phenoxy) is 1. The lowest BCUT2D eigenvalue weighted by Crippen LogP contribution is -2.05. The molecule has 0 amide bonds. The highest BCUT2D eigenvalue weighted by Crippen LogP contribution is 2.27. The SMILES string of the molecule is CNc1cc([N+](=O)[O-])cc(-c2cccc(OC(C)C)c2)n1. The molecule has 0 atom stereocenters. The molecule has 6 heteroatoms. The Bertz CT molecular complexity index is 656. The van der Waals surface area contributed by atoms with Crippen LogP contribution in [-0.2, 0) is 0 Å². The molecule has 1 aromatic heterocycles. The van der Waals surface area contributed by atoms with Crippen molar-refractivity contribution in [3.05, 3.63) is 46.5 Å². The molecule has 2 aromatic rings. The van der Waals surface area contributed by atoms with Crippen molar-refractivity contribution in [1.82, 2.24) is 4.98 Å². The zero-order valence-corrected chi connectivity index (χ0v) is 12.2. The number of rotatable bonds is 5. The quantitative estimate of drug-likeness (QED) is 0.673. The lowest BCUT2D eigenvalue weighted by molar-refractivity contribution is -0.384. The van der Waals surface area contributed by atoms with E-state index in [0.29, 0.717) is 17.3 Å². The van der Waals surface area contributed by atoms with Crippen molar-refractivity contribution < 1.29 is 9.66 Å². The predicted molar refractivity (Wildman–Crippen MR) is 81.6 cm³/mol. The third-order valence-electron chi connectivity index (χ3n) is 2.78. The van der Waals surface area contributed by atoms with E-state index < -0.39 is 4.92 Å². The first-order valence-corrected chi connectivity index (χ1v) is 6.61. The van der Waals surface area contributed by atoms with Crippen LogP contribution in [0.2, 0.25) is 0 Å². The summed E-state index contributed by atoms with van der Waals surface area (Å²) < 4.78 is 5.63. The van der Waals surface area contributed by atoms with Gasteiger partial charge in [-0.2, -0.15) is 0 Å². The van der Waals surface area contributed by atoms with Crippen molar-refractivity contribution in [2.75, 3.05) is 12.4 Å². The third-order valence-corrected chi connectivity index (χ3v) is 2.78. The standard InChI is InChI=1S/C15H17N3O3/c1-10(2)21-13-6-4-5-11(7-13)14-8-12(18(19)20)9-15(16-3)17-14/h4-10H,1-3H3,(H,16,17). The topological polar surface area (TPSA) is 77.3 Å². The summed E-state index contributed by atoms with van der Waals surface area (Å²) in [5.74, 6) is 1.16. The van der Waals surface area contributed by atoms with Crippen molar-refractivity contribution in [3.8, 4) is 17.0 Å². The largest absolute Gasteiger partial charge is 0.491 e. The first-order valence-electron chi connectivity index (χ1n) is 6.61. The number of nitrogens with one attached hydrogen (secondary N) is 1. The van der Waals surface area contributed by atoms with E-state index in [-0.39, 0.29) is 11.8 Å². The van der Waals surface area contributed by atoms with Crippen LogP contribution in [0.4, 0.5) is 11.5 Å². The van der Waals surface area contributed by atoms with Crippen LogP contribution in [0.5, 0.6) is 5.75 Å². The first kappa shape index (κ1) is 14.8. The molecular formula is C15H17N3O3. The van der Waals surface area contributed by atoms with Crippen LogP contribution in [0, 0.1) is 10.1 Å². The average Bonchev–Trinajstić information content (AvgIpc) is 2.46. The molecule has 0 bridgehead atoms. The number of aromatic nitrogens is 1. The fourth-order valence-electron chi connectivity index (χ4n) is 1.90. The minimum atomic E-state index is -0.430. The van der Waals surface area contributed by atoms with E-state index in [1.165, 1.54) is 12.1 Å². The smallest absolute Gasteiger partial charge is 0.275 e. The molecule has 0 fully saturated rings. The fourth-order valence-corrected chi connectivity index (χ4v) is 1.90. The Balaban J connectivity index is 2.45. The zero-order chi connectivity index (χ0) is 15.4. The molecule has 0 aliphatic carbocycles. The summed E-state index contributed by atoms with van der Waals surface area (Å²) in [6.07, 6.45) is 0.0613. The maximum absolute atomic E-state index is 11.0. The van der Waals surface area contributed by atoms with E-state index in [9.17, 15) is 10.1 Å². The van der Waals surface area contributed by atoms with Gasteiger partial charge in [-0.05, 0) is 26.0 Å². The molecule has 0 aliphatic rings. The predicted octanol–water partition coefficient (Wildman–Crippen LogP) is 3.49. The third kappa shape index (κ3) is 3.68. The molecule has 110 valence electrons. The summed E-state index contributed by atoms with van der Waals surface area (Å²) in [6.45, 7) is 3.88. The van der Waals surface area contributed by atoms with E-state index in [0.717, 1.165) is 5.56 Å². The summed E-state index contributed by atoms with van der Waals surface area (Å²) in [4.78, 5) is 14.9. The number of nitrogens with zero attached hydrogens (tertiary/aromatic N) is 2. The molecule has 0 radical (unpaired) electrons. The van der Waals surface area contributed by atoms with Gasteiger partial charge in [-0.1, -0.05) is 12.1 Å². The van der Waals surface area contributed by atoms with E-state index in [1.54, 1.807) is 7.05 Å². The van der Waals surface area contributed by atoms with Gasteiger partial charge in [0.2, 0.25) is 0 Å². The molecule has 0 saturated carbocycles. The Kier molecular flexibility index (Phi) is 4.37. The van der Waals surface area contributed by atoms with Gasteiger partial charge in [0.15, 0.2) is 0 Å². The summed E-state index contributed by atoms with van der Waals surface area (Å²) >= 11 is 0. The van der Waals surface area contributed by atoms with Gasteiger partial charge >= 0.3 is 0 Å². The van der Waals surface area contributed by atoms with E-state index in [1.807, 2.05) is 38.1 Å². The molecule has 0 spiro atoms. The summed E-state index contributed by atoms with van der Waals surface area (Å²) in [5, 5.41) is 13.8. The van der Waals surface area contributed by atoms with Crippen LogP contribution in [-0.4, -0.2) is 23.1 Å². The Morgan fingerprint density at radius 3 is 2.67 bits per heavy atom. The molecule has 2 rings (SSSR count). The van der Waals surface area contributed by atoms with Gasteiger partial charge in [0.25, 0.3) is 5.69 Å². The molecular weight excluding hydrogens is 270 g/mol. The van der Waals surface area contributed by atoms with Crippen LogP contribution < -0.4 is 10.1 Å². The molecule has 0 aliphatic heterocycles. The van der Waals surface area contributed by atoms with Crippen molar-refractivity contribution in [1.29, 1.82) is 0 Å². The molecule has 1 N–H and O–H groups in total. The van der Waals surface area contributed by atoms with Gasteiger partial charge in [0.1, 0.15) is 11.6 Å². The normalized spacial score (nSPS) is 10.5. The number of pyridine rings is 1. The summed E-state index contributed by atoms with van der Waals surface area (Å²) in [5.41, 5.74) is 1.30. The summed E-state index contributed by atoms with van der Waals surface area (Å²) in [7, 11) is 1.67. The molecule has 21 heavy (non-hydrogen) atoms. The van der Waals surface area contributed by atoms with Gasteiger partial charge in [-0.3, -0.25) is 10.1 Å². The highest BCUT2D eigenvalue weighted by Gasteiger charge is 2.12. The molecule has 1 aromatic carbocycles. The van der Waals surface area contributed by atoms with Crippen molar-refractivity contribution in [3.63, 3.8) is 0 Å². The maximum atomic E-state index is 11.0. The number of anilines is 1. The van der Waals surface area contributed by atoms with Crippen LogP contribution in [0.15, 0.2) is 36.4 Å². The minimum absolute atomic E-state index is 0.000434. The average molecular weight is 287 g/mol. The highest BCUT2D eigenvalue weighted by atomic mass is 16.6. The van der Waals surface area contributed by atoms with E-state index >= 15 is 0 Å². The van der Waals surface area contributed by atoms with Crippen LogP contribution >= 0.6 is 0 Å². The highest BCUT2D eigenvalue weighted by molar-refractivity contribution is 5.66. The Morgan fingerprint density at radius 1 is 1.29 bits per heavy atom. The molecule has 1 heterocycles. The lowest BCUT2D eigenvalue weighted by Gasteiger charge is -2.11. The maximum Gasteiger partial charge on any atom is 0.275 e. The zero-order valence-electron chi connectivity index (χ0n) is 12.2.